The summed E-state index contributed by atoms with van der Waals surface area (Å²) in [5, 5.41) is 11.6. The predicted octanol–water partition coefficient (Wildman–Crippen LogP) is 2.65. The standard InChI is InChI=1S/C21H21N3O7/c1-2-29-15-3-4-17-16(12-15)14(11-20(25)31-17)13-22-7-9-23(10-8-22)21(26)18-5-6-19(30-18)24(27)28/h3-6,11-12H,2,7-10,13H2,1H3. The third-order valence-electron chi connectivity index (χ3n) is 5.15. The summed E-state index contributed by atoms with van der Waals surface area (Å²) in [6, 6.07) is 9.33. The number of carbonyl (C=O) groups excluding carboxylic acids is 1. The Bertz CT molecular complexity index is 1180. The number of furan rings is 1. The molecule has 10 nitrogen and oxygen atoms in total. The van der Waals surface area contributed by atoms with Crippen molar-refractivity contribution < 1.29 is 23.3 Å². The number of ether oxygens (including phenoxy) is 1. The van der Waals surface area contributed by atoms with Crippen molar-refractivity contribution in [2.24, 2.45) is 0 Å². The number of nitro groups is 1. The van der Waals surface area contributed by atoms with Gasteiger partial charge in [0.2, 0.25) is 0 Å². The van der Waals surface area contributed by atoms with E-state index in [0.717, 1.165) is 10.9 Å². The van der Waals surface area contributed by atoms with Crippen LogP contribution < -0.4 is 10.4 Å². The van der Waals surface area contributed by atoms with E-state index in [-0.39, 0.29) is 11.7 Å². The van der Waals surface area contributed by atoms with Crippen LogP contribution in [-0.2, 0) is 6.54 Å². The van der Waals surface area contributed by atoms with Crippen LogP contribution in [0.25, 0.3) is 11.0 Å². The van der Waals surface area contributed by atoms with E-state index in [1.54, 1.807) is 17.0 Å². The summed E-state index contributed by atoms with van der Waals surface area (Å²) in [6.45, 7) is 5.01. The molecule has 3 heterocycles. The molecule has 0 saturated carbocycles. The van der Waals surface area contributed by atoms with Gasteiger partial charge in [-0.15, -0.1) is 0 Å². The highest BCUT2D eigenvalue weighted by Gasteiger charge is 2.26. The topological polar surface area (TPSA) is 119 Å². The van der Waals surface area contributed by atoms with Crippen LogP contribution in [0.4, 0.5) is 5.88 Å². The summed E-state index contributed by atoms with van der Waals surface area (Å²) in [7, 11) is 0. The van der Waals surface area contributed by atoms with Crippen LogP contribution in [0.1, 0.15) is 23.0 Å². The molecule has 1 aliphatic rings. The molecule has 3 aromatic rings. The first kappa shape index (κ1) is 20.6. The summed E-state index contributed by atoms with van der Waals surface area (Å²) in [6.07, 6.45) is 0. The minimum absolute atomic E-state index is 0.0461. The van der Waals surface area contributed by atoms with Gasteiger partial charge in [-0.2, -0.15) is 0 Å². The van der Waals surface area contributed by atoms with E-state index in [9.17, 15) is 19.7 Å². The van der Waals surface area contributed by atoms with Crippen molar-refractivity contribution in [2.45, 2.75) is 13.5 Å². The lowest BCUT2D eigenvalue weighted by molar-refractivity contribution is -0.402. The Balaban J connectivity index is 1.45. The highest BCUT2D eigenvalue weighted by atomic mass is 16.6. The summed E-state index contributed by atoms with van der Waals surface area (Å²) in [5.74, 6) is -0.175. The number of piperazine rings is 1. The molecule has 0 bridgehead atoms. The van der Waals surface area contributed by atoms with Crippen molar-refractivity contribution in [1.29, 1.82) is 0 Å². The molecular weight excluding hydrogens is 406 g/mol. The molecule has 0 N–H and O–H groups in total. The van der Waals surface area contributed by atoms with Crippen molar-refractivity contribution >= 4 is 22.8 Å². The van der Waals surface area contributed by atoms with Gasteiger partial charge < -0.3 is 18.5 Å². The quantitative estimate of drug-likeness (QED) is 0.335. The fraction of sp³-hybridized carbons (Fsp3) is 0.333. The number of fused-ring (bicyclic) bond motifs is 1. The molecule has 1 saturated heterocycles. The van der Waals surface area contributed by atoms with Crippen molar-refractivity contribution in [1.82, 2.24) is 9.80 Å². The Kier molecular flexibility index (Phi) is 5.72. The SMILES string of the molecule is CCOc1ccc2oc(=O)cc(CN3CCN(C(=O)c4ccc([N+](=O)[O-])o4)CC3)c2c1. The fourth-order valence-corrected chi connectivity index (χ4v) is 3.64. The van der Waals surface area contributed by atoms with Gasteiger partial charge in [0, 0.05) is 44.2 Å². The van der Waals surface area contributed by atoms with Crippen molar-refractivity contribution in [3.63, 3.8) is 0 Å². The molecule has 0 unspecified atom stereocenters. The van der Waals surface area contributed by atoms with E-state index in [1.165, 1.54) is 18.2 Å². The average molecular weight is 427 g/mol. The van der Waals surface area contributed by atoms with Gasteiger partial charge in [0.05, 0.1) is 12.7 Å². The van der Waals surface area contributed by atoms with Gasteiger partial charge in [0.15, 0.2) is 5.76 Å². The second kappa shape index (κ2) is 8.60. The Morgan fingerprint density at radius 3 is 2.58 bits per heavy atom. The molecule has 0 spiro atoms. The monoisotopic (exact) mass is 427 g/mol. The lowest BCUT2D eigenvalue weighted by Gasteiger charge is -2.34. The summed E-state index contributed by atoms with van der Waals surface area (Å²) in [5.41, 5.74) is 0.910. The highest BCUT2D eigenvalue weighted by molar-refractivity contribution is 5.91. The first-order chi connectivity index (χ1) is 14.9. The van der Waals surface area contributed by atoms with Crippen molar-refractivity contribution in [2.75, 3.05) is 32.8 Å². The molecule has 31 heavy (non-hydrogen) atoms. The predicted molar refractivity (Wildman–Crippen MR) is 110 cm³/mol. The third-order valence-corrected chi connectivity index (χ3v) is 5.15. The summed E-state index contributed by atoms with van der Waals surface area (Å²) in [4.78, 5) is 38.3. The number of nitrogens with zero attached hydrogens (tertiary/aromatic N) is 3. The average Bonchev–Trinajstić information content (AvgIpc) is 3.25. The smallest absolute Gasteiger partial charge is 0.433 e. The summed E-state index contributed by atoms with van der Waals surface area (Å²) < 4.78 is 15.9. The van der Waals surface area contributed by atoms with Crippen LogP contribution in [0, 0.1) is 10.1 Å². The molecule has 0 aliphatic carbocycles. The van der Waals surface area contributed by atoms with E-state index < -0.39 is 16.4 Å². The maximum absolute atomic E-state index is 12.5. The van der Waals surface area contributed by atoms with Crippen molar-refractivity contribution in [3.05, 3.63) is 68.3 Å². The zero-order valence-electron chi connectivity index (χ0n) is 16.9. The van der Waals surface area contributed by atoms with E-state index in [4.69, 9.17) is 13.6 Å². The van der Waals surface area contributed by atoms with Gasteiger partial charge in [-0.1, -0.05) is 0 Å². The minimum atomic E-state index is -0.674. The molecule has 1 aliphatic heterocycles. The van der Waals surface area contributed by atoms with Gasteiger partial charge in [-0.25, -0.2) is 4.79 Å². The van der Waals surface area contributed by atoms with Gasteiger partial charge in [-0.05, 0) is 36.8 Å². The van der Waals surface area contributed by atoms with Crippen molar-refractivity contribution in [3.8, 4) is 5.75 Å². The number of amides is 1. The van der Waals surface area contributed by atoms with Crippen LogP contribution in [0.2, 0.25) is 0 Å². The Hall–Kier alpha value is -3.66. The van der Waals surface area contributed by atoms with Gasteiger partial charge in [-0.3, -0.25) is 19.8 Å². The molecule has 0 radical (unpaired) electrons. The molecule has 0 atom stereocenters. The molecular formula is C21H21N3O7. The van der Waals surface area contributed by atoms with E-state index in [1.807, 2.05) is 13.0 Å². The van der Waals surface area contributed by atoms with Crippen LogP contribution >= 0.6 is 0 Å². The zero-order chi connectivity index (χ0) is 22.0. The van der Waals surface area contributed by atoms with E-state index >= 15 is 0 Å². The highest BCUT2D eigenvalue weighted by Crippen LogP contribution is 2.25. The van der Waals surface area contributed by atoms with E-state index in [2.05, 4.69) is 4.90 Å². The van der Waals surface area contributed by atoms with Gasteiger partial charge in [0.1, 0.15) is 16.3 Å². The number of hydrogen-bond donors (Lipinski definition) is 0. The van der Waals surface area contributed by atoms with Gasteiger partial charge >= 0.3 is 11.5 Å². The molecule has 2 aromatic heterocycles. The second-order valence-electron chi connectivity index (χ2n) is 7.14. The maximum Gasteiger partial charge on any atom is 0.433 e. The third kappa shape index (κ3) is 4.43. The largest absolute Gasteiger partial charge is 0.494 e. The van der Waals surface area contributed by atoms with Crippen LogP contribution in [0.15, 0.2) is 50.0 Å². The molecule has 1 amide bonds. The van der Waals surface area contributed by atoms with Crippen LogP contribution in [0.3, 0.4) is 0 Å². The Morgan fingerprint density at radius 1 is 1.13 bits per heavy atom. The molecule has 1 aromatic carbocycles. The van der Waals surface area contributed by atoms with Gasteiger partial charge in [0.25, 0.3) is 5.91 Å². The summed E-state index contributed by atoms with van der Waals surface area (Å²) >= 11 is 0. The molecule has 1 fully saturated rings. The normalized spacial score (nSPS) is 14.7. The fourth-order valence-electron chi connectivity index (χ4n) is 3.64. The Labute approximate surface area is 176 Å². The lowest BCUT2D eigenvalue weighted by Crippen LogP contribution is -2.48. The second-order valence-corrected chi connectivity index (χ2v) is 7.14. The Morgan fingerprint density at radius 2 is 1.90 bits per heavy atom. The first-order valence-corrected chi connectivity index (χ1v) is 9.90. The van der Waals surface area contributed by atoms with Crippen LogP contribution in [-0.4, -0.2) is 53.4 Å². The zero-order valence-corrected chi connectivity index (χ0v) is 16.9. The number of carbonyl (C=O) groups is 1. The maximum atomic E-state index is 12.5. The molecule has 4 rings (SSSR count). The molecule has 162 valence electrons. The molecule has 10 heteroatoms. The lowest BCUT2D eigenvalue weighted by atomic mass is 10.1. The first-order valence-electron chi connectivity index (χ1n) is 9.90. The number of benzene rings is 1. The van der Waals surface area contributed by atoms with E-state index in [0.29, 0.717) is 50.7 Å². The minimum Gasteiger partial charge on any atom is -0.494 e. The number of hydrogen-bond acceptors (Lipinski definition) is 8. The number of rotatable bonds is 6. The van der Waals surface area contributed by atoms with Crippen LogP contribution in [0.5, 0.6) is 5.75 Å².